The fourth-order valence-corrected chi connectivity index (χ4v) is 3.82. The minimum absolute atomic E-state index is 0.00710. The number of carbonyl (C=O) groups excluding carboxylic acids is 1. The van der Waals surface area contributed by atoms with Crippen molar-refractivity contribution in [1.82, 2.24) is 0 Å². The van der Waals surface area contributed by atoms with Crippen LogP contribution in [-0.4, -0.2) is 19.1 Å². The Morgan fingerprint density at radius 1 is 1.10 bits per heavy atom. The lowest BCUT2D eigenvalue weighted by atomic mass is 10.0. The lowest BCUT2D eigenvalue weighted by Crippen LogP contribution is -2.38. The molecule has 1 aromatic heterocycles. The van der Waals surface area contributed by atoms with Crippen LogP contribution in [0.15, 0.2) is 45.6 Å². The van der Waals surface area contributed by atoms with Gasteiger partial charge in [-0.15, -0.1) is 0 Å². The molecule has 1 amide bonds. The maximum atomic E-state index is 13.2. The zero-order valence-corrected chi connectivity index (χ0v) is 18.5. The number of benzene rings is 2. The maximum absolute atomic E-state index is 13.2. The lowest BCUT2D eigenvalue weighted by molar-refractivity contribution is -0.118. The summed E-state index contributed by atoms with van der Waals surface area (Å²) in [4.78, 5) is 27.6. The predicted octanol–water partition coefficient (Wildman–Crippen LogP) is 5.10. The molecule has 5 nitrogen and oxygen atoms in total. The molecule has 0 aliphatic rings. The third-order valence-electron chi connectivity index (χ3n) is 5.49. The van der Waals surface area contributed by atoms with E-state index in [1.165, 1.54) is 0 Å². The molecule has 3 rings (SSSR count). The van der Waals surface area contributed by atoms with E-state index in [0.29, 0.717) is 23.3 Å². The number of hydrogen-bond donors (Lipinski definition) is 0. The summed E-state index contributed by atoms with van der Waals surface area (Å²) in [5.41, 5.74) is 4.57. The second-order valence-electron chi connectivity index (χ2n) is 8.00. The highest BCUT2D eigenvalue weighted by Crippen LogP contribution is 2.27. The van der Waals surface area contributed by atoms with Crippen molar-refractivity contribution < 1.29 is 13.9 Å². The highest BCUT2D eigenvalue weighted by atomic mass is 16.5. The number of ether oxygens (including phenoxy) is 1. The third kappa shape index (κ3) is 4.25. The number of anilines is 1. The smallest absolute Gasteiger partial charge is 0.339 e. The van der Waals surface area contributed by atoms with Crippen LogP contribution in [0.5, 0.6) is 5.75 Å². The molecule has 0 atom stereocenters. The van der Waals surface area contributed by atoms with Gasteiger partial charge in [0.25, 0.3) is 0 Å². The highest BCUT2D eigenvalue weighted by Gasteiger charge is 2.22. The number of aryl methyl sites for hydroxylation is 3. The van der Waals surface area contributed by atoms with Gasteiger partial charge in [-0.3, -0.25) is 4.79 Å². The monoisotopic (exact) mass is 407 g/mol. The summed E-state index contributed by atoms with van der Waals surface area (Å²) in [6.45, 7) is 9.93. The third-order valence-corrected chi connectivity index (χ3v) is 5.49. The normalized spacial score (nSPS) is 11.2. The largest absolute Gasteiger partial charge is 0.497 e. The molecule has 158 valence electrons. The Bertz CT molecular complexity index is 1140. The molecular formula is C25H29NO4. The van der Waals surface area contributed by atoms with Crippen molar-refractivity contribution in [2.24, 2.45) is 0 Å². The Morgan fingerprint density at radius 3 is 2.50 bits per heavy atom. The molecule has 30 heavy (non-hydrogen) atoms. The summed E-state index contributed by atoms with van der Waals surface area (Å²) in [5, 5.41) is 0.855. The van der Waals surface area contributed by atoms with E-state index in [2.05, 4.69) is 0 Å². The van der Waals surface area contributed by atoms with E-state index in [1.54, 1.807) is 13.2 Å². The van der Waals surface area contributed by atoms with Crippen molar-refractivity contribution in [2.75, 3.05) is 12.0 Å². The molecule has 5 heteroatoms. The van der Waals surface area contributed by atoms with Crippen molar-refractivity contribution in [3.63, 3.8) is 0 Å². The molecule has 0 saturated heterocycles. The summed E-state index contributed by atoms with van der Waals surface area (Å²) < 4.78 is 10.7. The second kappa shape index (κ2) is 8.74. The first-order chi connectivity index (χ1) is 14.2. The van der Waals surface area contributed by atoms with Gasteiger partial charge in [-0.25, -0.2) is 4.79 Å². The molecule has 0 unspecified atom stereocenters. The standard InChI is InChI=1S/C25H29NO4/c1-15(2)26(22-13-16(3)7-8-17(22)4)24(27)12-11-21-18(5)20-10-9-19(29-6)14-23(20)30-25(21)28/h7-10,13-15H,11-12H2,1-6H3. The van der Waals surface area contributed by atoms with Crippen LogP contribution in [0.25, 0.3) is 11.0 Å². The van der Waals surface area contributed by atoms with Gasteiger partial charge in [0.2, 0.25) is 5.91 Å². The number of carbonyl (C=O) groups is 1. The lowest BCUT2D eigenvalue weighted by Gasteiger charge is -2.29. The van der Waals surface area contributed by atoms with Crippen molar-refractivity contribution in [3.8, 4) is 5.75 Å². The van der Waals surface area contributed by atoms with Gasteiger partial charge in [-0.1, -0.05) is 12.1 Å². The molecule has 2 aromatic carbocycles. The van der Waals surface area contributed by atoms with Crippen molar-refractivity contribution in [3.05, 3.63) is 69.1 Å². The second-order valence-corrected chi connectivity index (χ2v) is 8.00. The van der Waals surface area contributed by atoms with E-state index in [9.17, 15) is 9.59 Å². The Balaban J connectivity index is 1.89. The quantitative estimate of drug-likeness (QED) is 0.533. The summed E-state index contributed by atoms with van der Waals surface area (Å²) >= 11 is 0. The fraction of sp³-hybridized carbons (Fsp3) is 0.360. The molecule has 0 radical (unpaired) electrons. The van der Waals surface area contributed by atoms with Crippen LogP contribution in [0.3, 0.4) is 0 Å². The summed E-state index contributed by atoms with van der Waals surface area (Å²) in [6.07, 6.45) is 0.571. The van der Waals surface area contributed by atoms with E-state index in [4.69, 9.17) is 9.15 Å². The summed E-state index contributed by atoms with van der Waals surface area (Å²) in [6, 6.07) is 11.6. The molecule has 0 bridgehead atoms. The number of rotatable bonds is 6. The molecule has 0 aliphatic heterocycles. The van der Waals surface area contributed by atoms with Crippen LogP contribution in [0, 0.1) is 20.8 Å². The van der Waals surface area contributed by atoms with E-state index in [-0.39, 0.29) is 18.4 Å². The first-order valence-corrected chi connectivity index (χ1v) is 10.2. The minimum Gasteiger partial charge on any atom is -0.497 e. The van der Waals surface area contributed by atoms with Crippen LogP contribution < -0.4 is 15.3 Å². The molecule has 0 aliphatic carbocycles. The van der Waals surface area contributed by atoms with Gasteiger partial charge in [-0.2, -0.15) is 0 Å². The number of methoxy groups -OCH3 is 1. The molecular weight excluding hydrogens is 378 g/mol. The zero-order valence-electron chi connectivity index (χ0n) is 18.5. The maximum Gasteiger partial charge on any atom is 0.339 e. The van der Waals surface area contributed by atoms with Crippen LogP contribution in [0.2, 0.25) is 0 Å². The van der Waals surface area contributed by atoms with Gasteiger partial charge < -0.3 is 14.1 Å². The summed E-state index contributed by atoms with van der Waals surface area (Å²) in [5.74, 6) is 0.626. The SMILES string of the molecule is COc1ccc2c(C)c(CCC(=O)N(c3cc(C)ccc3C)C(C)C)c(=O)oc2c1. The van der Waals surface area contributed by atoms with Gasteiger partial charge in [0.15, 0.2) is 0 Å². The van der Waals surface area contributed by atoms with E-state index in [1.807, 2.05) is 69.9 Å². The fourth-order valence-electron chi connectivity index (χ4n) is 3.82. The van der Waals surface area contributed by atoms with Gasteiger partial charge in [0.1, 0.15) is 11.3 Å². The van der Waals surface area contributed by atoms with Crippen molar-refractivity contribution >= 4 is 22.6 Å². The molecule has 0 saturated carbocycles. The van der Waals surface area contributed by atoms with Crippen molar-refractivity contribution in [1.29, 1.82) is 0 Å². The van der Waals surface area contributed by atoms with Gasteiger partial charge in [0, 0.05) is 35.2 Å². The van der Waals surface area contributed by atoms with Crippen LogP contribution >= 0.6 is 0 Å². The Hall–Kier alpha value is -3.08. The number of amides is 1. The van der Waals surface area contributed by atoms with Gasteiger partial charge >= 0.3 is 5.63 Å². The average Bonchev–Trinajstić information content (AvgIpc) is 2.69. The Labute approximate surface area is 177 Å². The Morgan fingerprint density at radius 2 is 1.83 bits per heavy atom. The van der Waals surface area contributed by atoms with Gasteiger partial charge in [0.05, 0.1) is 7.11 Å². The molecule has 0 N–H and O–H groups in total. The predicted molar refractivity (Wildman–Crippen MR) is 121 cm³/mol. The zero-order chi connectivity index (χ0) is 22.0. The number of hydrogen-bond acceptors (Lipinski definition) is 4. The van der Waals surface area contributed by atoms with Crippen molar-refractivity contribution in [2.45, 2.75) is 53.5 Å². The minimum atomic E-state index is -0.399. The van der Waals surface area contributed by atoms with E-state index < -0.39 is 5.63 Å². The molecule has 3 aromatic rings. The Kier molecular flexibility index (Phi) is 6.30. The van der Waals surface area contributed by atoms with E-state index in [0.717, 1.165) is 27.8 Å². The molecule has 1 heterocycles. The summed E-state index contributed by atoms with van der Waals surface area (Å²) in [7, 11) is 1.57. The highest BCUT2D eigenvalue weighted by molar-refractivity contribution is 5.95. The average molecular weight is 408 g/mol. The molecule has 0 fully saturated rings. The van der Waals surface area contributed by atoms with Crippen LogP contribution in [-0.2, 0) is 11.2 Å². The molecule has 0 spiro atoms. The van der Waals surface area contributed by atoms with E-state index >= 15 is 0 Å². The topological polar surface area (TPSA) is 59.8 Å². The number of nitrogens with zero attached hydrogens (tertiary/aromatic N) is 1. The van der Waals surface area contributed by atoms with Crippen LogP contribution in [0.1, 0.15) is 42.5 Å². The van der Waals surface area contributed by atoms with Crippen LogP contribution in [0.4, 0.5) is 5.69 Å². The number of fused-ring (bicyclic) bond motifs is 1. The van der Waals surface area contributed by atoms with Gasteiger partial charge in [-0.05, 0) is 75.9 Å². The first-order valence-electron chi connectivity index (χ1n) is 10.2. The first kappa shape index (κ1) is 21.6.